The second kappa shape index (κ2) is 9.93. The standard InChI is InChI=1S/C19H25Cl2N3O5/c1-18(2,3)28-16(26)23-15(24-17(27)29-19(4,5)6)22-14(25)10-11-12(20)8-7-9-13(11)21/h7-9H,10H2,1-6H3,(H2,22,23,24,25,26,27). The molecule has 0 heterocycles. The Morgan fingerprint density at radius 2 is 1.45 bits per heavy atom. The van der Waals surface area contributed by atoms with Crippen molar-refractivity contribution in [3.63, 3.8) is 0 Å². The van der Waals surface area contributed by atoms with Gasteiger partial charge < -0.3 is 9.47 Å². The number of hydrogen-bond donors (Lipinski definition) is 2. The van der Waals surface area contributed by atoms with Crippen LogP contribution in [0.2, 0.25) is 10.0 Å². The van der Waals surface area contributed by atoms with Crippen LogP contribution in [0, 0.1) is 0 Å². The first-order valence-electron chi connectivity index (χ1n) is 8.71. The lowest BCUT2D eigenvalue weighted by Crippen LogP contribution is -2.46. The van der Waals surface area contributed by atoms with Gasteiger partial charge in [0, 0.05) is 10.0 Å². The Labute approximate surface area is 179 Å². The fraction of sp³-hybridized carbons (Fsp3) is 0.474. The van der Waals surface area contributed by atoms with Gasteiger partial charge in [0.05, 0.1) is 6.42 Å². The van der Waals surface area contributed by atoms with Gasteiger partial charge in [0.2, 0.25) is 11.9 Å². The van der Waals surface area contributed by atoms with E-state index in [0.29, 0.717) is 15.6 Å². The predicted octanol–water partition coefficient (Wildman–Crippen LogP) is 4.47. The molecule has 1 rings (SSSR count). The number of guanidine groups is 1. The number of alkyl carbamates (subject to hydrolysis) is 1. The third-order valence-electron chi connectivity index (χ3n) is 2.87. The minimum atomic E-state index is -1.00. The normalized spacial score (nSPS) is 12.2. The van der Waals surface area contributed by atoms with Crippen LogP contribution in [0.3, 0.4) is 0 Å². The summed E-state index contributed by atoms with van der Waals surface area (Å²) in [5.74, 6) is -1.06. The second-order valence-corrected chi connectivity index (χ2v) is 8.81. The summed E-state index contributed by atoms with van der Waals surface area (Å²) in [6, 6.07) is 4.82. The van der Waals surface area contributed by atoms with E-state index in [0.717, 1.165) is 0 Å². The van der Waals surface area contributed by atoms with Crippen LogP contribution in [-0.4, -0.2) is 35.3 Å². The van der Waals surface area contributed by atoms with Gasteiger partial charge in [-0.15, -0.1) is 4.99 Å². The SMILES string of the molecule is CC(C)(C)OC(=O)N=C(NC(=O)Cc1c(Cl)cccc1Cl)NC(=O)OC(C)(C)C. The van der Waals surface area contributed by atoms with Crippen molar-refractivity contribution in [3.05, 3.63) is 33.8 Å². The van der Waals surface area contributed by atoms with E-state index in [-0.39, 0.29) is 6.42 Å². The summed E-state index contributed by atoms with van der Waals surface area (Å²) >= 11 is 12.1. The van der Waals surface area contributed by atoms with E-state index in [9.17, 15) is 14.4 Å². The molecule has 2 N–H and O–H groups in total. The van der Waals surface area contributed by atoms with Gasteiger partial charge in [-0.1, -0.05) is 29.3 Å². The van der Waals surface area contributed by atoms with Crippen LogP contribution in [0.15, 0.2) is 23.2 Å². The molecule has 0 saturated heterocycles. The van der Waals surface area contributed by atoms with Crippen molar-refractivity contribution in [2.45, 2.75) is 59.2 Å². The third-order valence-corrected chi connectivity index (χ3v) is 3.58. The molecule has 0 aliphatic carbocycles. The molecule has 160 valence electrons. The van der Waals surface area contributed by atoms with Gasteiger partial charge in [-0.2, -0.15) is 0 Å². The van der Waals surface area contributed by atoms with Crippen molar-refractivity contribution in [1.29, 1.82) is 0 Å². The Kier molecular flexibility index (Phi) is 8.47. The quantitative estimate of drug-likeness (QED) is 0.515. The van der Waals surface area contributed by atoms with Crippen molar-refractivity contribution in [3.8, 4) is 0 Å². The van der Waals surface area contributed by atoms with E-state index in [1.54, 1.807) is 59.7 Å². The van der Waals surface area contributed by atoms with Crippen LogP contribution in [0.25, 0.3) is 0 Å². The van der Waals surface area contributed by atoms with E-state index in [4.69, 9.17) is 32.7 Å². The number of nitrogens with one attached hydrogen (secondary N) is 2. The van der Waals surface area contributed by atoms with Gasteiger partial charge in [-0.25, -0.2) is 9.59 Å². The minimum absolute atomic E-state index is 0.207. The molecule has 0 radical (unpaired) electrons. The van der Waals surface area contributed by atoms with Gasteiger partial charge in [0.15, 0.2) is 0 Å². The number of carbonyl (C=O) groups excluding carboxylic acids is 3. The summed E-state index contributed by atoms with van der Waals surface area (Å²) in [6.07, 6.45) is -2.11. The average molecular weight is 446 g/mol. The lowest BCUT2D eigenvalue weighted by atomic mass is 10.1. The van der Waals surface area contributed by atoms with E-state index in [1.165, 1.54) is 0 Å². The van der Waals surface area contributed by atoms with Gasteiger partial charge in [0.1, 0.15) is 11.2 Å². The Morgan fingerprint density at radius 3 is 1.93 bits per heavy atom. The molecular weight excluding hydrogens is 421 g/mol. The number of halogens is 2. The first-order chi connectivity index (χ1) is 13.2. The number of ether oxygens (including phenoxy) is 2. The number of rotatable bonds is 2. The number of carbonyl (C=O) groups is 3. The van der Waals surface area contributed by atoms with Crippen molar-refractivity contribution >= 4 is 47.3 Å². The van der Waals surface area contributed by atoms with E-state index in [2.05, 4.69) is 15.6 Å². The van der Waals surface area contributed by atoms with E-state index >= 15 is 0 Å². The number of hydrogen-bond acceptors (Lipinski definition) is 5. The summed E-state index contributed by atoms with van der Waals surface area (Å²) in [5, 5.41) is 5.17. The van der Waals surface area contributed by atoms with Crippen molar-refractivity contribution in [2.24, 2.45) is 4.99 Å². The molecule has 3 amide bonds. The minimum Gasteiger partial charge on any atom is -0.444 e. The Morgan fingerprint density at radius 1 is 0.931 bits per heavy atom. The van der Waals surface area contributed by atoms with Crippen LogP contribution in [0.1, 0.15) is 47.1 Å². The molecule has 29 heavy (non-hydrogen) atoms. The Hall–Kier alpha value is -2.32. The van der Waals surface area contributed by atoms with Crippen LogP contribution in [0.4, 0.5) is 9.59 Å². The van der Waals surface area contributed by atoms with Gasteiger partial charge >= 0.3 is 12.2 Å². The Bertz CT molecular complexity index is 791. The number of amides is 3. The number of nitrogens with zero attached hydrogens (tertiary/aromatic N) is 1. The molecule has 1 aromatic carbocycles. The molecule has 1 aromatic rings. The maximum absolute atomic E-state index is 12.4. The first-order valence-corrected chi connectivity index (χ1v) is 9.46. The van der Waals surface area contributed by atoms with Crippen LogP contribution in [-0.2, 0) is 20.7 Å². The van der Waals surface area contributed by atoms with Gasteiger partial charge in [0.25, 0.3) is 0 Å². The second-order valence-electron chi connectivity index (χ2n) is 7.99. The van der Waals surface area contributed by atoms with Crippen LogP contribution < -0.4 is 10.6 Å². The number of aliphatic imine (C=N–C) groups is 1. The molecule has 0 spiro atoms. The monoisotopic (exact) mass is 445 g/mol. The lowest BCUT2D eigenvalue weighted by Gasteiger charge is -2.21. The largest absolute Gasteiger partial charge is 0.444 e. The summed E-state index contributed by atoms with van der Waals surface area (Å²) in [5.41, 5.74) is -1.22. The van der Waals surface area contributed by atoms with E-state index < -0.39 is 35.3 Å². The average Bonchev–Trinajstić information content (AvgIpc) is 2.46. The summed E-state index contributed by atoms with van der Waals surface area (Å²) in [6.45, 7) is 9.94. The fourth-order valence-corrected chi connectivity index (χ4v) is 2.43. The van der Waals surface area contributed by atoms with Gasteiger partial charge in [-0.05, 0) is 59.2 Å². The molecule has 0 atom stereocenters. The highest BCUT2D eigenvalue weighted by atomic mass is 35.5. The van der Waals surface area contributed by atoms with Crippen LogP contribution >= 0.6 is 23.2 Å². The van der Waals surface area contributed by atoms with E-state index in [1.807, 2.05) is 0 Å². The molecule has 0 fully saturated rings. The zero-order chi connectivity index (χ0) is 22.4. The van der Waals surface area contributed by atoms with Crippen molar-refractivity contribution in [2.75, 3.05) is 0 Å². The molecule has 0 saturated carbocycles. The van der Waals surface area contributed by atoms with Crippen molar-refractivity contribution < 1.29 is 23.9 Å². The highest BCUT2D eigenvalue weighted by molar-refractivity contribution is 6.36. The molecular formula is C19H25Cl2N3O5. The predicted molar refractivity (Wildman–Crippen MR) is 111 cm³/mol. The first kappa shape index (κ1) is 24.7. The fourth-order valence-electron chi connectivity index (χ4n) is 1.90. The van der Waals surface area contributed by atoms with Crippen molar-refractivity contribution in [1.82, 2.24) is 10.6 Å². The molecule has 10 heteroatoms. The van der Waals surface area contributed by atoms with Gasteiger partial charge in [-0.3, -0.25) is 15.4 Å². The third kappa shape index (κ3) is 10.1. The molecule has 0 aromatic heterocycles. The highest BCUT2D eigenvalue weighted by Crippen LogP contribution is 2.24. The molecule has 0 aliphatic rings. The lowest BCUT2D eigenvalue weighted by molar-refractivity contribution is -0.119. The van der Waals surface area contributed by atoms with Crippen LogP contribution in [0.5, 0.6) is 0 Å². The summed E-state index contributed by atoms with van der Waals surface area (Å²) < 4.78 is 10.2. The molecule has 0 aliphatic heterocycles. The molecule has 0 bridgehead atoms. The maximum atomic E-state index is 12.4. The maximum Gasteiger partial charge on any atom is 0.437 e. The highest BCUT2D eigenvalue weighted by Gasteiger charge is 2.22. The zero-order valence-corrected chi connectivity index (χ0v) is 18.7. The molecule has 0 unspecified atom stereocenters. The smallest absolute Gasteiger partial charge is 0.437 e. The Balaban J connectivity index is 2.99. The summed E-state index contributed by atoms with van der Waals surface area (Å²) in [7, 11) is 0. The number of benzene rings is 1. The zero-order valence-electron chi connectivity index (χ0n) is 17.2. The molecule has 8 nitrogen and oxygen atoms in total. The summed E-state index contributed by atoms with van der Waals surface area (Å²) in [4.78, 5) is 40.0. The topological polar surface area (TPSA) is 106 Å².